The van der Waals surface area contributed by atoms with Gasteiger partial charge in [0.25, 0.3) is 5.91 Å². The molecular formula is C18H23N5O3. The lowest BCUT2D eigenvalue weighted by Crippen LogP contribution is -2.50. The Hall–Kier alpha value is -2.64. The molecule has 1 amide bonds. The number of ether oxygens (including phenoxy) is 1. The fraction of sp³-hybridized carbons (Fsp3) is 0.556. The Labute approximate surface area is 151 Å². The maximum Gasteiger partial charge on any atom is 0.273 e. The zero-order valence-corrected chi connectivity index (χ0v) is 14.8. The molecule has 138 valence electrons. The first-order valence-electron chi connectivity index (χ1n) is 8.98. The van der Waals surface area contributed by atoms with E-state index in [9.17, 15) is 4.79 Å². The number of carbonyl (C=O) groups excluding carboxylic acids is 1. The molecule has 0 atom stereocenters. The Kier molecular flexibility index (Phi) is 4.48. The molecule has 0 aromatic carbocycles. The van der Waals surface area contributed by atoms with Gasteiger partial charge in [-0.3, -0.25) is 4.79 Å². The number of hydrogen-bond acceptors (Lipinski definition) is 7. The van der Waals surface area contributed by atoms with Crippen molar-refractivity contribution in [1.29, 1.82) is 0 Å². The minimum Gasteiger partial charge on any atom is -0.481 e. The Morgan fingerprint density at radius 1 is 1.27 bits per heavy atom. The second kappa shape index (κ2) is 6.93. The van der Waals surface area contributed by atoms with Gasteiger partial charge in [0, 0.05) is 24.3 Å². The number of amides is 1. The van der Waals surface area contributed by atoms with Gasteiger partial charge in [0.05, 0.1) is 7.11 Å². The summed E-state index contributed by atoms with van der Waals surface area (Å²) >= 11 is 0. The van der Waals surface area contributed by atoms with Gasteiger partial charge in [-0.2, -0.15) is 4.98 Å². The average molecular weight is 357 g/mol. The van der Waals surface area contributed by atoms with Crippen LogP contribution in [0.2, 0.25) is 0 Å². The summed E-state index contributed by atoms with van der Waals surface area (Å²) in [5, 5.41) is 6.46. The molecule has 0 bridgehead atoms. The highest BCUT2D eigenvalue weighted by molar-refractivity contribution is 5.92. The summed E-state index contributed by atoms with van der Waals surface area (Å²) in [7, 11) is 1.60. The molecule has 0 unspecified atom stereocenters. The van der Waals surface area contributed by atoms with Crippen molar-refractivity contribution in [3.63, 3.8) is 0 Å². The monoisotopic (exact) mass is 357 g/mol. The lowest BCUT2D eigenvalue weighted by atomic mass is 9.57. The van der Waals surface area contributed by atoms with Crippen molar-refractivity contribution < 1.29 is 13.9 Å². The highest BCUT2D eigenvalue weighted by Crippen LogP contribution is 2.52. The summed E-state index contributed by atoms with van der Waals surface area (Å²) in [5.74, 6) is 1.04. The lowest BCUT2D eigenvalue weighted by molar-refractivity contribution is 0.0491. The van der Waals surface area contributed by atoms with Crippen LogP contribution in [0.3, 0.4) is 0 Å². The van der Waals surface area contributed by atoms with Gasteiger partial charge in [0.15, 0.2) is 12.1 Å². The van der Waals surface area contributed by atoms with Crippen LogP contribution in [0.15, 0.2) is 29.3 Å². The number of aromatic nitrogens is 3. The van der Waals surface area contributed by atoms with Gasteiger partial charge < -0.3 is 19.8 Å². The number of nitrogens with zero attached hydrogens (tertiary/aromatic N) is 3. The molecule has 2 aliphatic carbocycles. The lowest BCUT2D eigenvalue weighted by Gasteiger charge is -2.51. The maximum atomic E-state index is 12.1. The number of methoxy groups -OCH3 is 1. The van der Waals surface area contributed by atoms with Crippen LogP contribution >= 0.6 is 0 Å². The van der Waals surface area contributed by atoms with Crippen LogP contribution in [0.25, 0.3) is 0 Å². The molecule has 1 spiro atoms. The normalized spacial score (nSPS) is 27.6. The smallest absolute Gasteiger partial charge is 0.273 e. The molecule has 2 fully saturated rings. The molecule has 2 aromatic rings. The van der Waals surface area contributed by atoms with Gasteiger partial charge >= 0.3 is 0 Å². The standard InChI is InChI=1S/C18H23N5O3/c1-25-15-4-7-19-17(23-15)22-13-8-18(9-13)5-2-12(3-6-18)21-16(24)14-10-26-11-20-14/h4,7,10-13H,2-3,5-6,8-9H2,1H3,(H,21,24)(H,19,22,23). The minimum atomic E-state index is -0.150. The Balaban J connectivity index is 1.23. The summed E-state index contributed by atoms with van der Waals surface area (Å²) in [5.41, 5.74) is 0.738. The number of oxazole rings is 1. The molecule has 0 aliphatic heterocycles. The summed E-state index contributed by atoms with van der Waals surface area (Å²) in [6, 6.07) is 2.36. The van der Waals surface area contributed by atoms with E-state index in [1.165, 1.54) is 12.7 Å². The summed E-state index contributed by atoms with van der Waals surface area (Å²) in [6.45, 7) is 0. The van der Waals surface area contributed by atoms with Crippen LogP contribution < -0.4 is 15.4 Å². The highest BCUT2D eigenvalue weighted by Gasteiger charge is 2.46. The summed E-state index contributed by atoms with van der Waals surface area (Å²) in [6.07, 6.45) is 10.9. The molecule has 26 heavy (non-hydrogen) atoms. The van der Waals surface area contributed by atoms with E-state index in [0.717, 1.165) is 38.5 Å². The van der Waals surface area contributed by atoms with Gasteiger partial charge in [-0.05, 0) is 43.9 Å². The first-order chi connectivity index (χ1) is 12.7. The van der Waals surface area contributed by atoms with Crippen molar-refractivity contribution in [2.45, 2.75) is 50.6 Å². The fourth-order valence-electron chi connectivity index (χ4n) is 4.16. The Morgan fingerprint density at radius 2 is 2.08 bits per heavy atom. The SMILES string of the molecule is COc1ccnc(NC2CC3(CCC(NC(=O)c4cocn4)CC3)C2)n1. The van der Waals surface area contributed by atoms with Crippen LogP contribution in [-0.2, 0) is 0 Å². The second-order valence-electron chi connectivity index (χ2n) is 7.29. The number of hydrogen-bond donors (Lipinski definition) is 2. The van der Waals surface area contributed by atoms with E-state index in [4.69, 9.17) is 9.15 Å². The topological polar surface area (TPSA) is 102 Å². The third-order valence-electron chi connectivity index (χ3n) is 5.58. The molecule has 2 aliphatic rings. The van der Waals surface area contributed by atoms with Crippen molar-refractivity contribution in [3.8, 4) is 5.88 Å². The van der Waals surface area contributed by atoms with Crippen molar-refractivity contribution in [2.24, 2.45) is 5.41 Å². The Bertz CT molecular complexity index is 748. The zero-order chi connectivity index (χ0) is 18.0. The van der Waals surface area contributed by atoms with Crippen LogP contribution in [0, 0.1) is 5.41 Å². The maximum absolute atomic E-state index is 12.1. The number of carbonyl (C=O) groups is 1. The van der Waals surface area contributed by atoms with E-state index in [-0.39, 0.29) is 11.9 Å². The molecule has 2 heterocycles. The van der Waals surface area contributed by atoms with E-state index in [1.54, 1.807) is 19.4 Å². The zero-order valence-electron chi connectivity index (χ0n) is 14.8. The summed E-state index contributed by atoms with van der Waals surface area (Å²) < 4.78 is 9.99. The van der Waals surface area contributed by atoms with Crippen LogP contribution in [-0.4, -0.2) is 40.1 Å². The Morgan fingerprint density at radius 3 is 2.77 bits per heavy atom. The number of rotatable bonds is 5. The molecule has 0 saturated heterocycles. The molecule has 8 nitrogen and oxygen atoms in total. The molecule has 4 rings (SSSR count). The van der Waals surface area contributed by atoms with E-state index < -0.39 is 0 Å². The molecule has 2 saturated carbocycles. The predicted molar refractivity (Wildman–Crippen MR) is 93.9 cm³/mol. The van der Waals surface area contributed by atoms with Gasteiger partial charge in [-0.1, -0.05) is 0 Å². The number of anilines is 1. The molecule has 2 aromatic heterocycles. The predicted octanol–water partition coefficient (Wildman–Crippen LogP) is 2.41. The highest BCUT2D eigenvalue weighted by atomic mass is 16.5. The minimum absolute atomic E-state index is 0.150. The molecule has 8 heteroatoms. The van der Waals surface area contributed by atoms with Crippen molar-refractivity contribution in [3.05, 3.63) is 30.6 Å². The van der Waals surface area contributed by atoms with Crippen molar-refractivity contribution in [1.82, 2.24) is 20.3 Å². The quantitative estimate of drug-likeness (QED) is 0.847. The van der Waals surface area contributed by atoms with Crippen molar-refractivity contribution in [2.75, 3.05) is 12.4 Å². The molecular weight excluding hydrogens is 334 g/mol. The van der Waals surface area contributed by atoms with Gasteiger partial charge in [0.2, 0.25) is 11.8 Å². The first kappa shape index (κ1) is 16.8. The van der Waals surface area contributed by atoms with Gasteiger partial charge in [0.1, 0.15) is 6.26 Å². The van der Waals surface area contributed by atoms with Crippen molar-refractivity contribution >= 4 is 11.9 Å². The largest absolute Gasteiger partial charge is 0.481 e. The van der Waals surface area contributed by atoms with Crippen LogP contribution in [0.4, 0.5) is 5.95 Å². The van der Waals surface area contributed by atoms with Crippen LogP contribution in [0.5, 0.6) is 5.88 Å². The number of nitrogens with one attached hydrogen (secondary N) is 2. The van der Waals surface area contributed by atoms with E-state index in [0.29, 0.717) is 29.0 Å². The van der Waals surface area contributed by atoms with Gasteiger partial charge in [-0.25, -0.2) is 9.97 Å². The third-order valence-corrected chi connectivity index (χ3v) is 5.58. The van der Waals surface area contributed by atoms with E-state index >= 15 is 0 Å². The summed E-state index contributed by atoms with van der Waals surface area (Å²) in [4.78, 5) is 24.5. The van der Waals surface area contributed by atoms with Crippen LogP contribution in [0.1, 0.15) is 49.0 Å². The van der Waals surface area contributed by atoms with E-state index in [2.05, 4.69) is 25.6 Å². The van der Waals surface area contributed by atoms with E-state index in [1.807, 2.05) is 0 Å². The average Bonchev–Trinajstić information content (AvgIpc) is 3.17. The van der Waals surface area contributed by atoms with Gasteiger partial charge in [-0.15, -0.1) is 0 Å². The fourth-order valence-corrected chi connectivity index (χ4v) is 4.16. The first-order valence-corrected chi connectivity index (χ1v) is 8.98. The molecule has 2 N–H and O–H groups in total. The third kappa shape index (κ3) is 3.49. The molecule has 0 radical (unpaired) electrons. The second-order valence-corrected chi connectivity index (χ2v) is 7.29.